The first kappa shape index (κ1) is 33.3. The minimum Gasteiger partial charge on any atom is -0.497 e. The molecule has 0 amide bonds. The van der Waals surface area contributed by atoms with Crippen LogP contribution in [0.1, 0.15) is 58.6 Å². The monoisotopic (exact) mass is 586 g/mol. The third-order valence-electron chi connectivity index (χ3n) is 8.58. The van der Waals surface area contributed by atoms with E-state index in [1.54, 1.807) is 14.2 Å². The number of methoxy groups -OCH3 is 2. The molecule has 0 unspecified atom stereocenters. The van der Waals surface area contributed by atoms with E-state index in [-0.39, 0.29) is 18.2 Å². The Morgan fingerprint density at radius 2 is 1.54 bits per heavy atom. The molecule has 1 saturated heterocycles. The fourth-order valence-electron chi connectivity index (χ4n) is 5.53. The molecule has 0 aliphatic carbocycles. The van der Waals surface area contributed by atoms with E-state index in [1.807, 2.05) is 56.3 Å². The van der Waals surface area contributed by atoms with Crippen molar-refractivity contribution < 1.29 is 32.9 Å². The summed E-state index contributed by atoms with van der Waals surface area (Å²) in [6, 6.07) is 21.1. The van der Waals surface area contributed by atoms with E-state index in [0.29, 0.717) is 26.2 Å². The van der Waals surface area contributed by atoms with Gasteiger partial charge in [0.1, 0.15) is 11.9 Å². The molecule has 228 valence electrons. The first-order valence-electron chi connectivity index (χ1n) is 15.0. The van der Waals surface area contributed by atoms with Crippen LogP contribution >= 0.6 is 0 Å². The average molecular weight is 587 g/mol. The van der Waals surface area contributed by atoms with Crippen molar-refractivity contribution in [2.75, 3.05) is 20.8 Å². The van der Waals surface area contributed by atoms with Crippen molar-refractivity contribution in [1.29, 1.82) is 0 Å². The smallest absolute Gasteiger partial charge is 0.314 e. The van der Waals surface area contributed by atoms with Crippen molar-refractivity contribution >= 4 is 14.3 Å². The maximum absolute atomic E-state index is 13.0. The first-order valence-corrected chi connectivity index (χ1v) is 17.5. The summed E-state index contributed by atoms with van der Waals surface area (Å²) in [7, 11) is 1.41. The molecule has 8 heteroatoms. The number of benzene rings is 2. The number of rotatable bonds is 18. The largest absolute Gasteiger partial charge is 0.497 e. The van der Waals surface area contributed by atoms with Gasteiger partial charge in [-0.05, 0) is 61.7 Å². The topological polar surface area (TPSA) is 72.5 Å². The molecule has 1 fully saturated rings. The second-order valence-electron chi connectivity index (χ2n) is 11.5. The molecule has 41 heavy (non-hydrogen) atoms. The maximum Gasteiger partial charge on any atom is 0.314 e. The molecular weight excluding hydrogens is 536 g/mol. The van der Waals surface area contributed by atoms with Gasteiger partial charge in [0.25, 0.3) is 0 Å². The highest BCUT2D eigenvalue weighted by Gasteiger charge is 2.55. The molecule has 4 atom stereocenters. The quantitative estimate of drug-likeness (QED) is 0.106. The predicted molar refractivity (Wildman–Crippen MR) is 163 cm³/mol. The zero-order chi connectivity index (χ0) is 29.9. The molecule has 0 N–H and O–H groups in total. The molecule has 0 saturated carbocycles. The Morgan fingerprint density at radius 3 is 2.12 bits per heavy atom. The van der Waals surface area contributed by atoms with Gasteiger partial charge in [-0.2, -0.15) is 0 Å². The van der Waals surface area contributed by atoms with Crippen LogP contribution in [-0.4, -0.2) is 59.5 Å². The van der Waals surface area contributed by atoms with Crippen LogP contribution < -0.4 is 4.74 Å². The van der Waals surface area contributed by atoms with Crippen molar-refractivity contribution in [3.05, 3.63) is 65.7 Å². The Kier molecular flexibility index (Phi) is 12.9. The van der Waals surface area contributed by atoms with Crippen LogP contribution in [0, 0.1) is 5.41 Å². The maximum atomic E-state index is 13.0. The SMILES string of the molecule is CC[Si](CC)(CC)O[C@@H](CCOCc1ccccc1)C[C@@H](OC)[C@H]1OC(=O)C(C)(C)[C@@H]1OCc1ccc(OC)cc1. The molecule has 0 bridgehead atoms. The molecule has 0 spiro atoms. The summed E-state index contributed by atoms with van der Waals surface area (Å²) in [6.07, 6.45) is -0.135. The summed E-state index contributed by atoms with van der Waals surface area (Å²) in [5.41, 5.74) is 1.34. The van der Waals surface area contributed by atoms with Crippen molar-refractivity contribution in [3.63, 3.8) is 0 Å². The second kappa shape index (κ2) is 15.8. The zero-order valence-electron chi connectivity index (χ0n) is 26.0. The van der Waals surface area contributed by atoms with Crippen LogP contribution in [0.15, 0.2) is 54.6 Å². The summed E-state index contributed by atoms with van der Waals surface area (Å²) in [5.74, 6) is 0.516. The van der Waals surface area contributed by atoms with E-state index in [2.05, 4.69) is 32.9 Å². The van der Waals surface area contributed by atoms with E-state index in [1.165, 1.54) is 0 Å². The number of hydrogen-bond acceptors (Lipinski definition) is 7. The molecule has 3 rings (SSSR count). The highest BCUT2D eigenvalue weighted by atomic mass is 28.4. The lowest BCUT2D eigenvalue weighted by Crippen LogP contribution is -2.46. The summed E-state index contributed by atoms with van der Waals surface area (Å²) in [5, 5.41) is 0. The third-order valence-corrected chi connectivity index (χ3v) is 13.3. The van der Waals surface area contributed by atoms with Gasteiger partial charge in [-0.15, -0.1) is 0 Å². The number of hydrogen-bond donors (Lipinski definition) is 0. The second-order valence-corrected chi connectivity index (χ2v) is 16.2. The number of carbonyl (C=O) groups excluding carboxylic acids is 1. The third kappa shape index (κ3) is 8.88. The van der Waals surface area contributed by atoms with Crippen LogP contribution in [0.3, 0.4) is 0 Å². The van der Waals surface area contributed by atoms with Crippen LogP contribution in [0.2, 0.25) is 18.1 Å². The fraction of sp³-hybridized carbons (Fsp3) is 0.606. The minimum atomic E-state index is -1.91. The van der Waals surface area contributed by atoms with Gasteiger partial charge >= 0.3 is 5.97 Å². The van der Waals surface area contributed by atoms with Crippen molar-refractivity contribution in [2.24, 2.45) is 5.41 Å². The minimum absolute atomic E-state index is 0.0770. The van der Waals surface area contributed by atoms with Gasteiger partial charge in [-0.25, -0.2) is 0 Å². The van der Waals surface area contributed by atoms with Gasteiger partial charge < -0.3 is 28.1 Å². The Balaban J connectivity index is 1.74. The summed E-state index contributed by atoms with van der Waals surface area (Å²) < 4.78 is 36.7. The summed E-state index contributed by atoms with van der Waals surface area (Å²) >= 11 is 0. The van der Waals surface area contributed by atoms with Crippen molar-refractivity contribution in [3.8, 4) is 5.75 Å². The average Bonchev–Trinajstić information content (AvgIpc) is 3.23. The molecule has 7 nitrogen and oxygen atoms in total. The zero-order valence-corrected chi connectivity index (χ0v) is 27.0. The highest BCUT2D eigenvalue weighted by Crippen LogP contribution is 2.40. The molecule has 1 aliphatic rings. The Morgan fingerprint density at radius 1 is 0.902 bits per heavy atom. The van der Waals surface area contributed by atoms with Crippen LogP contribution in [0.25, 0.3) is 0 Å². The van der Waals surface area contributed by atoms with Gasteiger partial charge in [-0.1, -0.05) is 63.2 Å². The lowest BCUT2D eigenvalue weighted by atomic mass is 9.84. The molecule has 0 aromatic heterocycles. The Labute approximate surface area is 247 Å². The first-order chi connectivity index (χ1) is 19.7. The number of cyclic esters (lactones) is 1. The lowest BCUT2D eigenvalue weighted by Gasteiger charge is -2.36. The number of carbonyl (C=O) groups is 1. The van der Waals surface area contributed by atoms with Crippen molar-refractivity contribution in [2.45, 2.75) is 103 Å². The molecular formula is C33H50O7Si. The Bertz CT molecular complexity index is 1030. The van der Waals surface area contributed by atoms with Crippen LogP contribution in [0.5, 0.6) is 5.75 Å². The van der Waals surface area contributed by atoms with Gasteiger partial charge in [0.15, 0.2) is 14.4 Å². The van der Waals surface area contributed by atoms with Gasteiger partial charge in [0, 0.05) is 26.2 Å². The molecule has 2 aromatic rings. The standard InChI is InChI=1S/C33H50O7Si/c1-8-41(9-2,10-3)40-28(20-21-37-23-25-14-12-11-13-15-25)22-29(36-7)30-31(33(4,5)32(34)39-30)38-24-26-16-18-27(35-6)19-17-26/h11-19,28-31H,8-10,20-24H2,1-7H3/t28-,29+,30+,31+/m0/s1. The number of ether oxygens (including phenoxy) is 5. The number of esters is 1. The molecule has 1 heterocycles. The van der Waals surface area contributed by atoms with E-state index < -0.39 is 25.9 Å². The summed E-state index contributed by atoms with van der Waals surface area (Å²) in [4.78, 5) is 13.0. The van der Waals surface area contributed by atoms with Crippen LogP contribution in [0.4, 0.5) is 0 Å². The van der Waals surface area contributed by atoms with E-state index in [4.69, 9.17) is 28.1 Å². The van der Waals surface area contributed by atoms with Gasteiger partial charge in [-0.3, -0.25) is 4.79 Å². The molecule has 2 aromatic carbocycles. The van der Waals surface area contributed by atoms with Crippen LogP contribution in [-0.2, 0) is 41.4 Å². The highest BCUT2D eigenvalue weighted by molar-refractivity contribution is 6.73. The van der Waals surface area contributed by atoms with E-state index in [9.17, 15) is 4.79 Å². The van der Waals surface area contributed by atoms with Gasteiger partial charge in [0.2, 0.25) is 0 Å². The Hall–Kier alpha value is -2.23. The molecule has 0 radical (unpaired) electrons. The normalized spacial score (nSPS) is 20.0. The molecule has 1 aliphatic heterocycles. The predicted octanol–water partition coefficient (Wildman–Crippen LogP) is 6.93. The van der Waals surface area contributed by atoms with Crippen molar-refractivity contribution in [1.82, 2.24) is 0 Å². The summed E-state index contributed by atoms with van der Waals surface area (Å²) in [6.45, 7) is 12.0. The lowest BCUT2D eigenvalue weighted by molar-refractivity contribution is -0.152. The fourth-order valence-corrected chi connectivity index (χ4v) is 8.45. The van der Waals surface area contributed by atoms with E-state index >= 15 is 0 Å². The van der Waals surface area contributed by atoms with E-state index in [0.717, 1.165) is 41.4 Å². The van der Waals surface area contributed by atoms with Gasteiger partial charge in [0.05, 0.1) is 31.8 Å².